The van der Waals surface area contributed by atoms with Crippen LogP contribution in [0.4, 0.5) is 5.69 Å². The smallest absolute Gasteiger partial charge is 0.264 e. The number of anilines is 1. The standard InChI is InChI=1S/C36H39BrClN3O5S/c1-4-26(3)39-36(43)34(23-27-10-7-6-8-11-27)40(24-28-12-9-13-29(37)22-28)35(42)25-41(31-16-18-32(19-17-31)46-5-2)47(44,45)33-20-14-30(38)15-21-33/h6-22,26,34H,4-5,23-25H2,1-3H3,(H,39,43)/t26-,34-/m0/s1. The third-order valence-corrected chi connectivity index (χ3v) is 10.2. The summed E-state index contributed by atoms with van der Waals surface area (Å²) in [5.74, 6) is -0.302. The Hall–Kier alpha value is -3.86. The van der Waals surface area contributed by atoms with Crippen LogP contribution in [0.2, 0.25) is 5.02 Å². The van der Waals surface area contributed by atoms with Gasteiger partial charge in [-0.1, -0.05) is 76.9 Å². The van der Waals surface area contributed by atoms with Crippen LogP contribution in [0.3, 0.4) is 0 Å². The van der Waals surface area contributed by atoms with E-state index in [-0.39, 0.29) is 35.5 Å². The number of halogens is 2. The van der Waals surface area contributed by atoms with Crippen molar-refractivity contribution in [2.24, 2.45) is 0 Å². The van der Waals surface area contributed by atoms with Gasteiger partial charge in [-0.05, 0) is 92.1 Å². The van der Waals surface area contributed by atoms with Crippen LogP contribution in [0, 0.1) is 0 Å². The lowest BCUT2D eigenvalue weighted by atomic mass is 10.0. The fourth-order valence-electron chi connectivity index (χ4n) is 4.96. The van der Waals surface area contributed by atoms with Gasteiger partial charge < -0.3 is 15.0 Å². The van der Waals surface area contributed by atoms with Crippen molar-refractivity contribution in [3.8, 4) is 5.75 Å². The Kier molecular flexibility index (Phi) is 12.9. The molecule has 0 aliphatic heterocycles. The summed E-state index contributed by atoms with van der Waals surface area (Å²) in [4.78, 5) is 30.0. The highest BCUT2D eigenvalue weighted by molar-refractivity contribution is 9.10. The Morgan fingerprint density at radius 2 is 1.55 bits per heavy atom. The number of hydrogen-bond donors (Lipinski definition) is 1. The predicted molar refractivity (Wildman–Crippen MR) is 190 cm³/mol. The minimum atomic E-state index is -4.25. The molecule has 0 heterocycles. The van der Waals surface area contributed by atoms with Crippen LogP contribution in [0.25, 0.3) is 0 Å². The van der Waals surface area contributed by atoms with Gasteiger partial charge in [-0.3, -0.25) is 13.9 Å². The highest BCUT2D eigenvalue weighted by atomic mass is 79.9. The molecule has 0 saturated heterocycles. The summed E-state index contributed by atoms with van der Waals surface area (Å²) < 4.78 is 35.8. The van der Waals surface area contributed by atoms with E-state index in [4.69, 9.17) is 16.3 Å². The van der Waals surface area contributed by atoms with Gasteiger partial charge in [-0.25, -0.2) is 8.42 Å². The average Bonchev–Trinajstić information content (AvgIpc) is 3.06. The van der Waals surface area contributed by atoms with Crippen LogP contribution in [-0.2, 0) is 32.6 Å². The van der Waals surface area contributed by atoms with Crippen molar-refractivity contribution >= 4 is 55.1 Å². The summed E-state index contributed by atoms with van der Waals surface area (Å²) in [5.41, 5.74) is 1.90. The summed E-state index contributed by atoms with van der Waals surface area (Å²) in [5, 5.41) is 3.43. The summed E-state index contributed by atoms with van der Waals surface area (Å²) >= 11 is 9.58. The Morgan fingerprint density at radius 3 is 2.17 bits per heavy atom. The lowest BCUT2D eigenvalue weighted by Crippen LogP contribution is -2.54. The lowest BCUT2D eigenvalue weighted by Gasteiger charge is -2.34. The normalized spacial score (nSPS) is 12.5. The van der Waals surface area contributed by atoms with Gasteiger partial charge in [0.25, 0.3) is 10.0 Å². The Labute approximate surface area is 290 Å². The SMILES string of the molecule is CCOc1ccc(N(CC(=O)N(Cc2cccc(Br)c2)[C@@H](Cc2ccccc2)C(=O)N[C@@H](C)CC)S(=O)(=O)c2ccc(Cl)cc2)cc1. The van der Waals surface area contributed by atoms with Crippen LogP contribution in [0.1, 0.15) is 38.3 Å². The van der Waals surface area contributed by atoms with Crippen molar-refractivity contribution in [1.29, 1.82) is 0 Å². The van der Waals surface area contributed by atoms with Gasteiger partial charge >= 0.3 is 0 Å². The molecule has 4 aromatic rings. The molecule has 0 aliphatic carbocycles. The van der Waals surface area contributed by atoms with Crippen LogP contribution >= 0.6 is 27.5 Å². The number of ether oxygens (including phenoxy) is 1. The lowest BCUT2D eigenvalue weighted by molar-refractivity contribution is -0.140. The maximum Gasteiger partial charge on any atom is 0.264 e. The van der Waals surface area contributed by atoms with E-state index in [0.29, 0.717) is 23.8 Å². The molecule has 2 atom stereocenters. The maximum absolute atomic E-state index is 14.6. The van der Waals surface area contributed by atoms with Gasteiger partial charge in [0.2, 0.25) is 11.8 Å². The fourth-order valence-corrected chi connectivity index (χ4v) is 6.95. The third kappa shape index (κ3) is 9.82. The molecule has 47 heavy (non-hydrogen) atoms. The molecular formula is C36H39BrClN3O5S. The Morgan fingerprint density at radius 1 is 0.894 bits per heavy atom. The Bertz CT molecular complexity index is 1740. The largest absolute Gasteiger partial charge is 0.494 e. The summed E-state index contributed by atoms with van der Waals surface area (Å²) in [6.45, 7) is 5.68. The third-order valence-electron chi connectivity index (χ3n) is 7.63. The average molecular weight is 741 g/mol. The van der Waals surface area contributed by atoms with Gasteiger partial charge in [-0.2, -0.15) is 0 Å². The van der Waals surface area contributed by atoms with Crippen molar-refractivity contribution < 1.29 is 22.7 Å². The first-order chi connectivity index (χ1) is 22.5. The molecule has 2 amide bonds. The molecule has 0 aliphatic rings. The van der Waals surface area contributed by atoms with Crippen molar-refractivity contribution in [2.45, 2.75) is 57.1 Å². The molecule has 11 heteroatoms. The molecular weight excluding hydrogens is 702 g/mol. The number of carbonyl (C=O) groups excluding carboxylic acids is 2. The van der Waals surface area contributed by atoms with Crippen LogP contribution in [-0.4, -0.2) is 50.4 Å². The van der Waals surface area contributed by atoms with Gasteiger partial charge in [0.1, 0.15) is 18.3 Å². The zero-order valence-corrected chi connectivity index (χ0v) is 29.8. The monoisotopic (exact) mass is 739 g/mol. The van der Waals surface area contributed by atoms with Crippen molar-refractivity contribution in [1.82, 2.24) is 10.2 Å². The molecule has 4 aromatic carbocycles. The van der Waals surface area contributed by atoms with E-state index in [0.717, 1.165) is 19.9 Å². The van der Waals surface area contributed by atoms with Crippen molar-refractivity contribution in [3.05, 3.63) is 124 Å². The minimum absolute atomic E-state index is 0.0301. The zero-order valence-electron chi connectivity index (χ0n) is 26.6. The van der Waals surface area contributed by atoms with Gasteiger partial charge in [0.15, 0.2) is 0 Å². The molecule has 0 spiro atoms. The van der Waals surface area contributed by atoms with Gasteiger partial charge in [-0.15, -0.1) is 0 Å². The fraction of sp³-hybridized carbons (Fsp3) is 0.278. The molecule has 0 aromatic heterocycles. The first kappa shape index (κ1) is 36.0. The van der Waals surface area contributed by atoms with E-state index < -0.39 is 28.5 Å². The van der Waals surface area contributed by atoms with Gasteiger partial charge in [0, 0.05) is 28.5 Å². The summed E-state index contributed by atoms with van der Waals surface area (Å²) in [6.07, 6.45) is 0.935. The number of rotatable bonds is 15. The van der Waals surface area contributed by atoms with E-state index in [1.807, 2.05) is 75.4 Å². The molecule has 8 nitrogen and oxygen atoms in total. The number of nitrogens with one attached hydrogen (secondary N) is 1. The Balaban J connectivity index is 1.81. The molecule has 0 fully saturated rings. The van der Waals surface area contributed by atoms with Crippen LogP contribution in [0.15, 0.2) is 112 Å². The number of hydrogen-bond acceptors (Lipinski definition) is 5. The second kappa shape index (κ2) is 16.8. The first-order valence-electron chi connectivity index (χ1n) is 15.4. The molecule has 248 valence electrons. The topological polar surface area (TPSA) is 96.0 Å². The molecule has 0 bridgehead atoms. The molecule has 4 rings (SSSR count). The van der Waals surface area contributed by atoms with E-state index in [2.05, 4.69) is 21.2 Å². The predicted octanol–water partition coefficient (Wildman–Crippen LogP) is 7.25. The number of amides is 2. The molecule has 0 saturated carbocycles. The number of sulfonamides is 1. The number of benzene rings is 4. The van der Waals surface area contributed by atoms with Gasteiger partial charge in [0.05, 0.1) is 17.2 Å². The second-order valence-corrected chi connectivity index (χ2v) is 14.3. The second-order valence-electron chi connectivity index (χ2n) is 11.1. The minimum Gasteiger partial charge on any atom is -0.494 e. The summed E-state index contributed by atoms with van der Waals surface area (Å²) in [6, 6.07) is 28.2. The zero-order chi connectivity index (χ0) is 34.0. The maximum atomic E-state index is 14.6. The van der Waals surface area contributed by atoms with E-state index in [1.54, 1.807) is 24.3 Å². The van der Waals surface area contributed by atoms with Crippen molar-refractivity contribution in [3.63, 3.8) is 0 Å². The highest BCUT2D eigenvalue weighted by Gasteiger charge is 2.35. The van der Waals surface area contributed by atoms with Crippen LogP contribution in [0.5, 0.6) is 5.75 Å². The van der Waals surface area contributed by atoms with Crippen molar-refractivity contribution in [2.75, 3.05) is 17.5 Å². The van der Waals surface area contributed by atoms with E-state index in [9.17, 15) is 18.0 Å². The molecule has 1 N–H and O–H groups in total. The molecule has 0 unspecified atom stereocenters. The number of carbonyl (C=O) groups is 2. The van der Waals surface area contributed by atoms with E-state index in [1.165, 1.54) is 29.2 Å². The highest BCUT2D eigenvalue weighted by Crippen LogP contribution is 2.28. The number of nitrogens with zero attached hydrogens (tertiary/aromatic N) is 2. The summed E-state index contributed by atoms with van der Waals surface area (Å²) in [7, 11) is -4.25. The molecule has 0 radical (unpaired) electrons. The first-order valence-corrected chi connectivity index (χ1v) is 18.0. The quantitative estimate of drug-likeness (QED) is 0.139. The van der Waals surface area contributed by atoms with Crippen LogP contribution < -0.4 is 14.4 Å². The van der Waals surface area contributed by atoms with E-state index >= 15 is 0 Å².